The van der Waals surface area contributed by atoms with Crippen molar-refractivity contribution in [2.75, 3.05) is 32.5 Å². The van der Waals surface area contributed by atoms with Gasteiger partial charge in [0, 0.05) is 68.1 Å². The van der Waals surface area contributed by atoms with Crippen LogP contribution in [0.4, 0.5) is 15.3 Å². The van der Waals surface area contributed by atoms with Crippen molar-refractivity contribution >= 4 is 45.1 Å². The van der Waals surface area contributed by atoms with Gasteiger partial charge in [-0.1, -0.05) is 42.5 Å². The Labute approximate surface area is 231 Å². The van der Waals surface area contributed by atoms with Crippen LogP contribution in [0.15, 0.2) is 79.3 Å². The Hall–Kier alpha value is -4.89. The number of urea groups is 1. The summed E-state index contributed by atoms with van der Waals surface area (Å²) in [5, 5.41) is 16.3. The van der Waals surface area contributed by atoms with Crippen molar-refractivity contribution < 1.29 is 14.7 Å². The molecule has 1 aliphatic rings. The van der Waals surface area contributed by atoms with Crippen LogP contribution in [0.1, 0.15) is 17.7 Å². The number of hydrogen-bond donors (Lipinski definition) is 3. The molecule has 3 aromatic heterocycles. The van der Waals surface area contributed by atoms with E-state index in [1.807, 2.05) is 47.4 Å². The number of benzene rings is 2. The van der Waals surface area contributed by atoms with Crippen LogP contribution in [0, 0.1) is 0 Å². The van der Waals surface area contributed by atoms with Gasteiger partial charge in [-0.05, 0) is 52.1 Å². The minimum atomic E-state index is -0.308. The van der Waals surface area contributed by atoms with Crippen LogP contribution < -0.4 is 5.32 Å². The molecule has 6 rings (SSSR count). The molecule has 0 radical (unpaired) electrons. The molecule has 3 amide bonds. The maximum atomic E-state index is 13.1. The van der Waals surface area contributed by atoms with Crippen molar-refractivity contribution in [3.63, 3.8) is 0 Å². The summed E-state index contributed by atoms with van der Waals surface area (Å²) in [6.45, 7) is 0.947. The van der Waals surface area contributed by atoms with Crippen LogP contribution in [-0.4, -0.2) is 68.7 Å². The number of amides is 3. The molecule has 0 aliphatic carbocycles. The van der Waals surface area contributed by atoms with Crippen LogP contribution in [0.25, 0.3) is 38.5 Å². The summed E-state index contributed by atoms with van der Waals surface area (Å²) in [5.74, 6) is 0. The van der Waals surface area contributed by atoms with Crippen LogP contribution in [0.5, 0.6) is 0 Å². The van der Waals surface area contributed by atoms with E-state index < -0.39 is 0 Å². The van der Waals surface area contributed by atoms with E-state index in [4.69, 9.17) is 0 Å². The van der Waals surface area contributed by atoms with Gasteiger partial charge in [0.05, 0.1) is 6.61 Å². The molecule has 0 saturated heterocycles. The summed E-state index contributed by atoms with van der Waals surface area (Å²) in [5.41, 5.74) is 5.71. The van der Waals surface area contributed by atoms with Gasteiger partial charge < -0.3 is 25.2 Å². The molecular weight excluding hydrogens is 504 g/mol. The Bertz CT molecular complexity index is 1750. The number of aromatic amines is 1. The summed E-state index contributed by atoms with van der Waals surface area (Å²) in [6, 6.07) is 17.1. The van der Waals surface area contributed by atoms with Crippen LogP contribution in [0.2, 0.25) is 0 Å². The molecule has 5 aromatic rings. The van der Waals surface area contributed by atoms with Gasteiger partial charge in [0.1, 0.15) is 5.65 Å². The second-order valence-electron chi connectivity index (χ2n) is 10.1. The number of fused-ring (bicyclic) bond motifs is 2. The molecule has 1 aliphatic heterocycles. The average molecular weight is 535 g/mol. The molecule has 4 heterocycles. The number of nitrogens with one attached hydrogen (secondary N) is 2. The highest BCUT2D eigenvalue weighted by molar-refractivity contribution is 6.00. The molecule has 3 N–H and O–H groups in total. The predicted octanol–water partition coefficient (Wildman–Crippen LogP) is 5.53. The van der Waals surface area contributed by atoms with Gasteiger partial charge in [-0.25, -0.2) is 14.6 Å². The fraction of sp³-hybridized carbons (Fsp3) is 0.194. The van der Waals surface area contributed by atoms with E-state index in [9.17, 15) is 14.7 Å². The Morgan fingerprint density at radius 1 is 1.05 bits per heavy atom. The Morgan fingerprint density at radius 3 is 2.50 bits per heavy atom. The molecule has 0 saturated carbocycles. The number of aliphatic hydroxyl groups excluding tert-OH is 1. The molecule has 0 atom stereocenters. The molecule has 9 nitrogen and oxygen atoms in total. The predicted molar refractivity (Wildman–Crippen MR) is 157 cm³/mol. The molecule has 0 fully saturated rings. The van der Waals surface area contributed by atoms with E-state index in [0.29, 0.717) is 24.3 Å². The zero-order chi connectivity index (χ0) is 27.8. The van der Waals surface area contributed by atoms with Gasteiger partial charge in [0.2, 0.25) is 0 Å². The largest absolute Gasteiger partial charge is 0.392 e. The lowest BCUT2D eigenvalue weighted by molar-refractivity contribution is 0.176. The lowest BCUT2D eigenvalue weighted by Gasteiger charge is -2.28. The Balaban J connectivity index is 1.32. The van der Waals surface area contributed by atoms with Crippen molar-refractivity contribution in [2.24, 2.45) is 0 Å². The summed E-state index contributed by atoms with van der Waals surface area (Å²) in [7, 11) is 3.52. The summed E-state index contributed by atoms with van der Waals surface area (Å²) >= 11 is 0. The SMILES string of the molecule is CN(C)C(=O)N1CC=C(c2cc3c(-c4cccc(NC(=O)n5cc6ccccc6c5)c4CO)ccnc3[nH]2)CC1. The summed E-state index contributed by atoms with van der Waals surface area (Å²) < 4.78 is 1.52. The van der Waals surface area contributed by atoms with Crippen molar-refractivity contribution in [3.8, 4) is 11.1 Å². The normalized spacial score (nSPS) is 13.5. The number of aromatic nitrogens is 3. The van der Waals surface area contributed by atoms with Crippen molar-refractivity contribution in [1.82, 2.24) is 24.3 Å². The van der Waals surface area contributed by atoms with Crippen LogP contribution >= 0.6 is 0 Å². The minimum Gasteiger partial charge on any atom is -0.392 e. The molecule has 9 heteroatoms. The first kappa shape index (κ1) is 25.4. The number of rotatable bonds is 4. The second-order valence-corrected chi connectivity index (χ2v) is 10.1. The minimum absolute atomic E-state index is 0.00413. The van der Waals surface area contributed by atoms with E-state index in [-0.39, 0.29) is 18.7 Å². The molecule has 0 unspecified atom stereocenters. The molecule has 40 heavy (non-hydrogen) atoms. The Morgan fingerprint density at radius 2 is 1.82 bits per heavy atom. The zero-order valence-corrected chi connectivity index (χ0v) is 22.4. The maximum Gasteiger partial charge on any atom is 0.330 e. The van der Waals surface area contributed by atoms with Gasteiger partial charge in [-0.15, -0.1) is 0 Å². The number of H-pyrrole nitrogens is 1. The highest BCUT2D eigenvalue weighted by Crippen LogP contribution is 2.36. The maximum absolute atomic E-state index is 13.1. The summed E-state index contributed by atoms with van der Waals surface area (Å²) in [6.07, 6.45) is 8.13. The topological polar surface area (TPSA) is 106 Å². The van der Waals surface area contributed by atoms with Gasteiger partial charge >= 0.3 is 12.1 Å². The number of nitrogens with zero attached hydrogens (tertiary/aromatic N) is 4. The third-order valence-electron chi connectivity index (χ3n) is 7.39. The number of aliphatic hydroxyl groups is 1. The average Bonchev–Trinajstić information content (AvgIpc) is 3.61. The van der Waals surface area contributed by atoms with Gasteiger partial charge in [0.15, 0.2) is 0 Å². The highest BCUT2D eigenvalue weighted by Gasteiger charge is 2.21. The summed E-state index contributed by atoms with van der Waals surface area (Å²) in [4.78, 5) is 36.8. The monoisotopic (exact) mass is 534 g/mol. The molecule has 0 bridgehead atoms. The molecule has 2 aromatic carbocycles. The lowest BCUT2D eigenvalue weighted by Crippen LogP contribution is -2.41. The van der Waals surface area contributed by atoms with E-state index in [2.05, 4.69) is 27.4 Å². The molecule has 202 valence electrons. The quantitative estimate of drug-likeness (QED) is 0.282. The third-order valence-corrected chi connectivity index (χ3v) is 7.39. The lowest BCUT2D eigenvalue weighted by atomic mass is 9.96. The molecular formula is C31H30N6O3. The number of carbonyl (C=O) groups excluding carboxylic acids is 2. The first-order chi connectivity index (χ1) is 19.4. The van der Waals surface area contributed by atoms with Crippen molar-refractivity contribution in [3.05, 3.63) is 90.5 Å². The van der Waals surface area contributed by atoms with E-state index in [0.717, 1.165) is 50.6 Å². The third kappa shape index (κ3) is 4.60. The van der Waals surface area contributed by atoms with E-state index in [1.165, 1.54) is 4.57 Å². The smallest absolute Gasteiger partial charge is 0.330 e. The first-order valence-electron chi connectivity index (χ1n) is 13.2. The highest BCUT2D eigenvalue weighted by atomic mass is 16.3. The van der Waals surface area contributed by atoms with Gasteiger partial charge in [-0.2, -0.15) is 0 Å². The first-order valence-corrected chi connectivity index (χ1v) is 13.2. The van der Waals surface area contributed by atoms with Gasteiger partial charge in [-0.3, -0.25) is 4.57 Å². The fourth-order valence-electron chi connectivity index (χ4n) is 5.31. The van der Waals surface area contributed by atoms with E-state index >= 15 is 0 Å². The second kappa shape index (κ2) is 10.3. The standard InChI is InChI=1S/C31H30N6O3/c1-35(2)31(40)36-14-11-20(12-15-36)28-16-25-24(10-13-32-29(25)33-28)23-8-5-9-27(26(23)19-38)34-30(39)37-17-21-6-3-4-7-22(21)18-37/h3-11,13,16-18,38H,12,14-15,19H2,1-2H3,(H,32,33)(H,34,39). The van der Waals surface area contributed by atoms with Gasteiger partial charge in [0.25, 0.3) is 0 Å². The fourth-order valence-corrected chi connectivity index (χ4v) is 5.31. The van der Waals surface area contributed by atoms with Crippen LogP contribution in [0.3, 0.4) is 0 Å². The van der Waals surface area contributed by atoms with E-state index in [1.54, 1.807) is 43.7 Å². The Kier molecular flexibility index (Phi) is 6.57. The zero-order valence-electron chi connectivity index (χ0n) is 22.4. The number of carbonyl (C=O) groups is 2. The van der Waals surface area contributed by atoms with Crippen molar-refractivity contribution in [1.29, 1.82) is 0 Å². The molecule has 0 spiro atoms. The van der Waals surface area contributed by atoms with Crippen molar-refractivity contribution in [2.45, 2.75) is 13.0 Å². The number of anilines is 1. The number of pyridine rings is 1. The van der Waals surface area contributed by atoms with Crippen LogP contribution in [-0.2, 0) is 6.61 Å². The number of hydrogen-bond acceptors (Lipinski definition) is 4.